The van der Waals surface area contributed by atoms with Gasteiger partial charge in [-0.2, -0.15) is 5.26 Å². The van der Waals surface area contributed by atoms with Crippen molar-refractivity contribution in [1.82, 2.24) is 0 Å². The van der Waals surface area contributed by atoms with Crippen LogP contribution in [-0.4, -0.2) is 19.6 Å². The summed E-state index contributed by atoms with van der Waals surface area (Å²) in [6.07, 6.45) is 2.61. The Labute approximate surface area is 103 Å². The molecule has 1 unspecified atom stereocenters. The lowest BCUT2D eigenvalue weighted by Gasteiger charge is -2.18. The molecule has 2 rings (SSSR count). The highest BCUT2D eigenvalue weighted by Crippen LogP contribution is 2.22. The van der Waals surface area contributed by atoms with Crippen molar-refractivity contribution in [1.29, 1.82) is 5.26 Å². The molecule has 90 valence electrons. The summed E-state index contributed by atoms with van der Waals surface area (Å²) in [6, 6.07) is 10.7. The standard InChI is InChI=1S/C14H19N3/c1-12(10-15)11-16-13-4-6-14(7-5-13)17-8-2-3-9-17/h4-7,12,16H,2-3,8-9,11H2,1H3. The Morgan fingerprint density at radius 1 is 1.29 bits per heavy atom. The molecule has 0 bridgehead atoms. The number of hydrogen-bond acceptors (Lipinski definition) is 3. The number of anilines is 2. The minimum Gasteiger partial charge on any atom is -0.384 e. The van der Waals surface area contributed by atoms with Crippen LogP contribution in [-0.2, 0) is 0 Å². The Kier molecular flexibility index (Phi) is 3.87. The average Bonchev–Trinajstić information content (AvgIpc) is 2.90. The third-order valence-electron chi connectivity index (χ3n) is 3.17. The second kappa shape index (κ2) is 5.58. The highest BCUT2D eigenvalue weighted by atomic mass is 15.1. The van der Waals surface area contributed by atoms with Gasteiger partial charge in [0.15, 0.2) is 0 Å². The highest BCUT2D eigenvalue weighted by Gasteiger charge is 2.11. The maximum Gasteiger partial charge on any atom is 0.0671 e. The summed E-state index contributed by atoms with van der Waals surface area (Å²) in [7, 11) is 0. The molecule has 0 radical (unpaired) electrons. The normalized spacial score (nSPS) is 16.6. The van der Waals surface area contributed by atoms with Gasteiger partial charge in [0, 0.05) is 31.0 Å². The second-order valence-electron chi connectivity index (χ2n) is 4.65. The molecule has 1 heterocycles. The smallest absolute Gasteiger partial charge is 0.0671 e. The highest BCUT2D eigenvalue weighted by molar-refractivity contribution is 5.55. The summed E-state index contributed by atoms with van der Waals surface area (Å²) in [5.41, 5.74) is 2.40. The first-order valence-electron chi connectivity index (χ1n) is 6.28. The molecule has 1 aromatic rings. The van der Waals surface area contributed by atoms with Crippen molar-refractivity contribution in [2.75, 3.05) is 29.9 Å². The van der Waals surface area contributed by atoms with E-state index in [0.717, 1.165) is 5.69 Å². The molecule has 1 saturated heterocycles. The number of nitrogens with one attached hydrogen (secondary N) is 1. The van der Waals surface area contributed by atoms with Crippen molar-refractivity contribution in [3.8, 4) is 6.07 Å². The lowest BCUT2D eigenvalue weighted by Crippen LogP contribution is -2.17. The Morgan fingerprint density at radius 3 is 2.53 bits per heavy atom. The predicted octanol–water partition coefficient (Wildman–Crippen LogP) is 2.86. The maximum atomic E-state index is 8.70. The summed E-state index contributed by atoms with van der Waals surface area (Å²) in [5, 5.41) is 12.0. The lowest BCUT2D eigenvalue weighted by molar-refractivity contribution is 0.786. The van der Waals surface area contributed by atoms with Gasteiger partial charge in [-0.1, -0.05) is 0 Å². The van der Waals surface area contributed by atoms with Crippen molar-refractivity contribution >= 4 is 11.4 Å². The van der Waals surface area contributed by atoms with Crippen LogP contribution in [0.4, 0.5) is 11.4 Å². The molecule has 1 fully saturated rings. The van der Waals surface area contributed by atoms with Crippen LogP contribution in [0.25, 0.3) is 0 Å². The van der Waals surface area contributed by atoms with Crippen LogP contribution >= 0.6 is 0 Å². The summed E-state index contributed by atoms with van der Waals surface area (Å²) in [5.74, 6) is 0.0493. The molecular formula is C14H19N3. The van der Waals surface area contributed by atoms with Crippen molar-refractivity contribution < 1.29 is 0 Å². The molecule has 3 nitrogen and oxygen atoms in total. The summed E-state index contributed by atoms with van der Waals surface area (Å²) >= 11 is 0. The van der Waals surface area contributed by atoms with Crippen molar-refractivity contribution in [2.45, 2.75) is 19.8 Å². The van der Waals surface area contributed by atoms with E-state index >= 15 is 0 Å². The van der Waals surface area contributed by atoms with Crippen LogP contribution in [0.2, 0.25) is 0 Å². The Balaban J connectivity index is 1.91. The molecule has 1 N–H and O–H groups in total. The first-order chi connectivity index (χ1) is 8.29. The van der Waals surface area contributed by atoms with Crippen LogP contribution in [0.3, 0.4) is 0 Å². The minimum atomic E-state index is 0.0493. The van der Waals surface area contributed by atoms with Gasteiger partial charge in [0.05, 0.1) is 12.0 Å². The van der Waals surface area contributed by atoms with E-state index in [4.69, 9.17) is 5.26 Å². The third-order valence-corrected chi connectivity index (χ3v) is 3.17. The fourth-order valence-electron chi connectivity index (χ4n) is 2.08. The summed E-state index contributed by atoms with van der Waals surface area (Å²) in [6.45, 7) is 4.99. The number of hydrogen-bond donors (Lipinski definition) is 1. The van der Waals surface area contributed by atoms with Gasteiger partial charge in [0.1, 0.15) is 0 Å². The number of benzene rings is 1. The maximum absolute atomic E-state index is 8.70. The molecule has 0 aromatic heterocycles. The number of nitrogens with zero attached hydrogens (tertiary/aromatic N) is 2. The van der Waals surface area contributed by atoms with Crippen LogP contribution in [0, 0.1) is 17.2 Å². The van der Waals surface area contributed by atoms with Gasteiger partial charge in [-0.15, -0.1) is 0 Å². The molecule has 1 aliphatic rings. The van der Waals surface area contributed by atoms with Crippen molar-refractivity contribution in [2.24, 2.45) is 5.92 Å². The summed E-state index contributed by atoms with van der Waals surface area (Å²) < 4.78 is 0. The van der Waals surface area contributed by atoms with Gasteiger partial charge >= 0.3 is 0 Å². The predicted molar refractivity (Wildman–Crippen MR) is 71.2 cm³/mol. The molecule has 1 aromatic carbocycles. The van der Waals surface area contributed by atoms with Crippen LogP contribution in [0.15, 0.2) is 24.3 Å². The SMILES string of the molecule is CC(C#N)CNc1ccc(N2CCCC2)cc1. The zero-order valence-corrected chi connectivity index (χ0v) is 10.3. The monoisotopic (exact) mass is 229 g/mol. The first-order valence-corrected chi connectivity index (χ1v) is 6.28. The molecule has 17 heavy (non-hydrogen) atoms. The number of nitriles is 1. The fourth-order valence-corrected chi connectivity index (χ4v) is 2.08. The van der Waals surface area contributed by atoms with E-state index in [0.29, 0.717) is 6.54 Å². The van der Waals surface area contributed by atoms with E-state index in [-0.39, 0.29) is 5.92 Å². The zero-order chi connectivity index (χ0) is 12.1. The molecule has 1 atom stereocenters. The second-order valence-corrected chi connectivity index (χ2v) is 4.65. The third kappa shape index (κ3) is 3.13. The molecule has 3 heteroatoms. The largest absolute Gasteiger partial charge is 0.384 e. The molecular weight excluding hydrogens is 210 g/mol. The molecule has 0 amide bonds. The zero-order valence-electron chi connectivity index (χ0n) is 10.3. The van der Waals surface area contributed by atoms with E-state index in [1.165, 1.54) is 31.6 Å². The topological polar surface area (TPSA) is 39.1 Å². The molecule has 0 spiro atoms. The molecule has 0 saturated carbocycles. The van der Waals surface area contributed by atoms with Crippen molar-refractivity contribution in [3.63, 3.8) is 0 Å². The van der Waals surface area contributed by atoms with Crippen LogP contribution < -0.4 is 10.2 Å². The quantitative estimate of drug-likeness (QED) is 0.863. The van der Waals surface area contributed by atoms with E-state index < -0.39 is 0 Å². The minimum absolute atomic E-state index is 0.0493. The Bertz CT molecular complexity index is 385. The van der Waals surface area contributed by atoms with Gasteiger partial charge in [-0.25, -0.2) is 0 Å². The van der Waals surface area contributed by atoms with Crippen LogP contribution in [0.5, 0.6) is 0 Å². The Hall–Kier alpha value is -1.69. The van der Waals surface area contributed by atoms with Crippen molar-refractivity contribution in [3.05, 3.63) is 24.3 Å². The number of rotatable bonds is 4. The average molecular weight is 229 g/mol. The van der Waals surface area contributed by atoms with E-state index in [2.05, 4.69) is 40.6 Å². The van der Waals surface area contributed by atoms with Gasteiger partial charge in [-0.05, 0) is 44.0 Å². The first kappa shape index (κ1) is 11.8. The Morgan fingerprint density at radius 2 is 1.94 bits per heavy atom. The molecule has 0 aliphatic carbocycles. The van der Waals surface area contributed by atoms with Gasteiger partial charge in [0.2, 0.25) is 0 Å². The van der Waals surface area contributed by atoms with E-state index in [1.807, 2.05) is 6.92 Å². The van der Waals surface area contributed by atoms with Gasteiger partial charge in [0.25, 0.3) is 0 Å². The van der Waals surface area contributed by atoms with Crippen LogP contribution in [0.1, 0.15) is 19.8 Å². The fraction of sp³-hybridized carbons (Fsp3) is 0.500. The van der Waals surface area contributed by atoms with Gasteiger partial charge in [-0.3, -0.25) is 0 Å². The summed E-state index contributed by atoms with van der Waals surface area (Å²) in [4.78, 5) is 2.42. The van der Waals surface area contributed by atoms with E-state index in [9.17, 15) is 0 Å². The van der Waals surface area contributed by atoms with Gasteiger partial charge < -0.3 is 10.2 Å². The molecule has 1 aliphatic heterocycles. The lowest BCUT2D eigenvalue weighted by atomic mass is 10.2. The van der Waals surface area contributed by atoms with E-state index in [1.54, 1.807) is 0 Å².